The van der Waals surface area contributed by atoms with Gasteiger partial charge in [0.15, 0.2) is 11.2 Å². The number of anilines is 1. The Balaban J connectivity index is 1.90. The standard InChI is InChI=1S/C25H34N8O2/c1-7-8-13-32-20-21(29-23(32)30(5)15-25(3,4)26)31(6)24(35)33(22(20)34)14-19-27-16(2)17-11-9-10-12-18(17)28-19/h9-12H,7-8,13-15,26H2,1-6H3. The summed E-state index contributed by atoms with van der Waals surface area (Å²) in [5.74, 6) is 1.04. The van der Waals surface area contributed by atoms with Crippen molar-refractivity contribution < 1.29 is 0 Å². The van der Waals surface area contributed by atoms with Crippen molar-refractivity contribution in [3.05, 3.63) is 56.6 Å². The van der Waals surface area contributed by atoms with E-state index in [0.717, 1.165) is 29.4 Å². The van der Waals surface area contributed by atoms with Crippen LogP contribution >= 0.6 is 0 Å². The van der Waals surface area contributed by atoms with Crippen molar-refractivity contribution in [1.29, 1.82) is 0 Å². The van der Waals surface area contributed by atoms with E-state index in [0.29, 0.717) is 36.0 Å². The van der Waals surface area contributed by atoms with Crippen molar-refractivity contribution in [3.8, 4) is 0 Å². The van der Waals surface area contributed by atoms with E-state index in [1.807, 2.05) is 61.6 Å². The molecule has 3 heterocycles. The molecule has 0 aliphatic carbocycles. The van der Waals surface area contributed by atoms with E-state index in [2.05, 4.69) is 16.9 Å². The summed E-state index contributed by atoms with van der Waals surface area (Å²) in [6, 6.07) is 7.70. The van der Waals surface area contributed by atoms with Crippen LogP contribution in [0.1, 0.15) is 45.1 Å². The third kappa shape index (κ3) is 4.70. The van der Waals surface area contributed by atoms with Crippen LogP contribution in [-0.4, -0.2) is 47.8 Å². The van der Waals surface area contributed by atoms with E-state index in [1.165, 1.54) is 9.13 Å². The molecule has 3 aromatic heterocycles. The highest BCUT2D eigenvalue weighted by Crippen LogP contribution is 2.21. The van der Waals surface area contributed by atoms with E-state index < -0.39 is 16.8 Å². The van der Waals surface area contributed by atoms with Crippen LogP contribution in [0.4, 0.5) is 5.95 Å². The summed E-state index contributed by atoms with van der Waals surface area (Å²) >= 11 is 0. The molecule has 0 bridgehead atoms. The van der Waals surface area contributed by atoms with Gasteiger partial charge in [-0.05, 0) is 33.3 Å². The first kappa shape index (κ1) is 24.6. The largest absolute Gasteiger partial charge is 0.343 e. The Labute approximate surface area is 204 Å². The van der Waals surface area contributed by atoms with Crippen molar-refractivity contribution in [2.24, 2.45) is 12.8 Å². The van der Waals surface area contributed by atoms with Gasteiger partial charge in [-0.2, -0.15) is 4.98 Å². The zero-order valence-electron chi connectivity index (χ0n) is 21.4. The summed E-state index contributed by atoms with van der Waals surface area (Å²) in [6.07, 6.45) is 1.82. The van der Waals surface area contributed by atoms with Gasteiger partial charge in [-0.1, -0.05) is 31.5 Å². The maximum Gasteiger partial charge on any atom is 0.332 e. The van der Waals surface area contributed by atoms with Crippen LogP contribution < -0.4 is 21.9 Å². The minimum Gasteiger partial charge on any atom is -0.343 e. The quantitative estimate of drug-likeness (QED) is 0.412. The van der Waals surface area contributed by atoms with Crippen LogP contribution in [0.25, 0.3) is 22.1 Å². The number of hydrogen-bond acceptors (Lipinski definition) is 7. The molecule has 0 unspecified atom stereocenters. The first-order valence-corrected chi connectivity index (χ1v) is 11.9. The van der Waals surface area contributed by atoms with Crippen LogP contribution in [-0.2, 0) is 20.1 Å². The molecular weight excluding hydrogens is 444 g/mol. The van der Waals surface area contributed by atoms with Crippen molar-refractivity contribution >= 4 is 28.0 Å². The number of aromatic nitrogens is 6. The highest BCUT2D eigenvalue weighted by Gasteiger charge is 2.24. The molecule has 0 aliphatic heterocycles. The predicted octanol–water partition coefficient (Wildman–Crippen LogP) is 2.17. The Morgan fingerprint density at radius 1 is 1.09 bits per heavy atom. The Morgan fingerprint density at radius 3 is 2.49 bits per heavy atom. The van der Waals surface area contributed by atoms with Crippen molar-refractivity contribution in [2.75, 3.05) is 18.5 Å². The van der Waals surface area contributed by atoms with Crippen LogP contribution in [0.2, 0.25) is 0 Å². The lowest BCUT2D eigenvalue weighted by atomic mass is 10.1. The summed E-state index contributed by atoms with van der Waals surface area (Å²) in [5, 5.41) is 0.945. The molecule has 0 radical (unpaired) electrons. The number of unbranched alkanes of at least 4 members (excludes halogenated alkanes) is 1. The fourth-order valence-electron chi connectivity index (χ4n) is 4.51. The van der Waals surface area contributed by atoms with Gasteiger partial charge in [0.25, 0.3) is 5.56 Å². The number of aryl methyl sites for hydroxylation is 3. The number of benzene rings is 1. The molecule has 4 rings (SSSR count). The molecule has 0 fully saturated rings. The SMILES string of the molecule is CCCCn1c(N(C)CC(C)(C)N)nc2c1c(=O)n(Cc1nc(C)c3ccccc3n1)c(=O)n2C. The average Bonchev–Trinajstić information content (AvgIpc) is 3.18. The van der Waals surface area contributed by atoms with E-state index in [-0.39, 0.29) is 6.54 Å². The van der Waals surface area contributed by atoms with E-state index in [9.17, 15) is 9.59 Å². The fourth-order valence-corrected chi connectivity index (χ4v) is 4.51. The number of nitrogens with two attached hydrogens (primary N) is 1. The molecule has 0 aliphatic rings. The normalized spacial score (nSPS) is 12.1. The van der Waals surface area contributed by atoms with Gasteiger partial charge in [0, 0.05) is 43.8 Å². The molecule has 0 atom stereocenters. The number of rotatable bonds is 8. The Bertz CT molecular complexity index is 1510. The minimum atomic E-state index is -0.458. The zero-order valence-corrected chi connectivity index (χ0v) is 21.4. The monoisotopic (exact) mass is 478 g/mol. The predicted molar refractivity (Wildman–Crippen MR) is 139 cm³/mol. The van der Waals surface area contributed by atoms with E-state index >= 15 is 0 Å². The number of fused-ring (bicyclic) bond motifs is 2. The Morgan fingerprint density at radius 2 is 1.80 bits per heavy atom. The van der Waals surface area contributed by atoms with Gasteiger partial charge in [-0.25, -0.2) is 14.8 Å². The second-order valence-corrected chi connectivity index (χ2v) is 9.91. The van der Waals surface area contributed by atoms with Crippen LogP contribution in [0.5, 0.6) is 0 Å². The lowest BCUT2D eigenvalue weighted by molar-refractivity contribution is 0.509. The first-order chi connectivity index (χ1) is 16.5. The first-order valence-electron chi connectivity index (χ1n) is 11.9. The summed E-state index contributed by atoms with van der Waals surface area (Å²) in [7, 11) is 3.54. The molecule has 0 saturated carbocycles. The van der Waals surface area contributed by atoms with Gasteiger partial charge >= 0.3 is 5.69 Å². The Kier molecular flexibility index (Phi) is 6.50. The van der Waals surface area contributed by atoms with E-state index in [1.54, 1.807) is 7.05 Å². The number of likely N-dealkylation sites (N-methyl/N-ethyl adjacent to an activating group) is 1. The summed E-state index contributed by atoms with van der Waals surface area (Å²) < 4.78 is 4.54. The third-order valence-corrected chi connectivity index (χ3v) is 6.07. The van der Waals surface area contributed by atoms with Gasteiger partial charge in [-0.15, -0.1) is 0 Å². The molecule has 4 aromatic rings. The lowest BCUT2D eigenvalue weighted by Gasteiger charge is -2.27. The minimum absolute atomic E-state index is 0.0208. The van der Waals surface area contributed by atoms with Crippen molar-refractivity contribution in [3.63, 3.8) is 0 Å². The molecule has 10 nitrogen and oxygen atoms in total. The topological polar surface area (TPSA) is 117 Å². The van der Waals surface area contributed by atoms with Gasteiger partial charge < -0.3 is 15.2 Å². The van der Waals surface area contributed by atoms with Gasteiger partial charge in [0.2, 0.25) is 5.95 Å². The average molecular weight is 479 g/mol. The summed E-state index contributed by atoms with van der Waals surface area (Å²) in [5.41, 5.74) is 7.28. The van der Waals surface area contributed by atoms with Crippen molar-refractivity contribution in [1.82, 2.24) is 28.7 Å². The van der Waals surface area contributed by atoms with Crippen molar-refractivity contribution in [2.45, 2.75) is 59.2 Å². The maximum atomic E-state index is 13.7. The molecule has 35 heavy (non-hydrogen) atoms. The molecule has 2 N–H and O–H groups in total. The second-order valence-electron chi connectivity index (χ2n) is 9.91. The fraction of sp³-hybridized carbons (Fsp3) is 0.480. The Hall–Kier alpha value is -3.53. The van der Waals surface area contributed by atoms with Crippen LogP contribution in [0, 0.1) is 6.92 Å². The lowest BCUT2D eigenvalue weighted by Crippen LogP contribution is -2.44. The number of imidazole rings is 1. The molecule has 0 saturated heterocycles. The summed E-state index contributed by atoms with van der Waals surface area (Å²) in [4.78, 5) is 42.9. The highest BCUT2D eigenvalue weighted by atomic mass is 16.2. The molecule has 0 spiro atoms. The van der Waals surface area contributed by atoms with Crippen LogP contribution in [0.15, 0.2) is 33.9 Å². The third-order valence-electron chi connectivity index (χ3n) is 6.07. The molecule has 186 valence electrons. The summed E-state index contributed by atoms with van der Waals surface area (Å²) in [6.45, 7) is 9.00. The van der Waals surface area contributed by atoms with E-state index in [4.69, 9.17) is 10.7 Å². The number of para-hydroxylation sites is 1. The zero-order chi connectivity index (χ0) is 25.5. The van der Waals surface area contributed by atoms with Crippen LogP contribution in [0.3, 0.4) is 0 Å². The van der Waals surface area contributed by atoms with Gasteiger partial charge in [0.1, 0.15) is 5.82 Å². The molecule has 10 heteroatoms. The number of nitrogens with zero attached hydrogens (tertiary/aromatic N) is 7. The molecular formula is C25H34N8O2. The number of hydrogen-bond donors (Lipinski definition) is 1. The van der Waals surface area contributed by atoms with Gasteiger partial charge in [0.05, 0.1) is 12.1 Å². The second kappa shape index (κ2) is 9.26. The highest BCUT2D eigenvalue weighted by molar-refractivity contribution is 5.80. The smallest absolute Gasteiger partial charge is 0.332 e. The maximum absolute atomic E-state index is 13.7. The molecule has 1 aromatic carbocycles. The molecule has 0 amide bonds. The van der Waals surface area contributed by atoms with Gasteiger partial charge in [-0.3, -0.25) is 13.9 Å².